The summed E-state index contributed by atoms with van der Waals surface area (Å²) in [6.45, 7) is 6.07. The van der Waals surface area contributed by atoms with E-state index in [-0.39, 0.29) is 5.69 Å². The molecule has 0 saturated carbocycles. The number of hydrogen-bond donors (Lipinski definition) is 0. The van der Waals surface area contributed by atoms with Crippen LogP contribution in [-0.4, -0.2) is 19.3 Å². The molecule has 0 aliphatic rings. The molecule has 0 saturated heterocycles. The minimum absolute atomic E-state index is 0.246. The molecule has 0 N–H and O–H groups in total. The zero-order chi connectivity index (χ0) is 14.3. The quantitative estimate of drug-likeness (QED) is 0.792. The predicted octanol–water partition coefficient (Wildman–Crippen LogP) is 2.48. The van der Waals surface area contributed by atoms with E-state index in [2.05, 4.69) is 41.9 Å². The van der Waals surface area contributed by atoms with Crippen LogP contribution in [-0.2, 0) is 13.6 Å². The standard InChI is InChI=1S/C12H14Br2N4O/c1-6-10(13)8(3)18(12(19)15-6)5-9-11(14)7(2)16-17(9)4/h5H2,1-4H3. The van der Waals surface area contributed by atoms with Crippen molar-refractivity contribution in [3.63, 3.8) is 0 Å². The minimum atomic E-state index is -0.246. The lowest BCUT2D eigenvalue weighted by atomic mass is 10.3. The normalized spacial score (nSPS) is 11.1. The van der Waals surface area contributed by atoms with Crippen LogP contribution in [0.25, 0.3) is 0 Å². The van der Waals surface area contributed by atoms with Crippen LogP contribution in [0.1, 0.15) is 22.8 Å². The van der Waals surface area contributed by atoms with Crippen LogP contribution in [0.15, 0.2) is 13.7 Å². The summed E-state index contributed by atoms with van der Waals surface area (Å²) in [5.74, 6) is 0. The third kappa shape index (κ3) is 2.53. The van der Waals surface area contributed by atoms with E-state index >= 15 is 0 Å². The van der Waals surface area contributed by atoms with E-state index in [1.807, 2.05) is 27.8 Å². The molecule has 0 radical (unpaired) electrons. The summed E-state index contributed by atoms with van der Waals surface area (Å²) in [4.78, 5) is 16.0. The Balaban J connectivity index is 2.56. The molecule has 0 bridgehead atoms. The molecule has 5 nitrogen and oxygen atoms in total. The van der Waals surface area contributed by atoms with Gasteiger partial charge in [-0.2, -0.15) is 10.1 Å². The molecule has 0 amide bonds. The molecule has 0 atom stereocenters. The van der Waals surface area contributed by atoms with Crippen molar-refractivity contribution in [3.05, 3.63) is 42.2 Å². The molecule has 102 valence electrons. The Kier molecular flexibility index (Phi) is 3.96. The average molecular weight is 390 g/mol. The van der Waals surface area contributed by atoms with Gasteiger partial charge in [0.2, 0.25) is 0 Å². The predicted molar refractivity (Wildman–Crippen MR) is 80.4 cm³/mol. The first-order valence-electron chi connectivity index (χ1n) is 5.74. The molecule has 0 aliphatic carbocycles. The Hall–Kier alpha value is -0.950. The van der Waals surface area contributed by atoms with Crippen molar-refractivity contribution in [1.82, 2.24) is 19.3 Å². The third-order valence-electron chi connectivity index (χ3n) is 3.10. The Bertz CT molecular complexity index is 703. The Morgan fingerprint density at radius 3 is 2.26 bits per heavy atom. The van der Waals surface area contributed by atoms with Gasteiger partial charge in [-0.25, -0.2) is 4.79 Å². The number of halogens is 2. The molecule has 7 heteroatoms. The highest BCUT2D eigenvalue weighted by molar-refractivity contribution is 9.10. The topological polar surface area (TPSA) is 52.7 Å². The summed E-state index contributed by atoms with van der Waals surface area (Å²) in [6.07, 6.45) is 0. The molecule has 0 aliphatic heterocycles. The first-order valence-corrected chi connectivity index (χ1v) is 7.33. The molecule has 0 fully saturated rings. The van der Waals surface area contributed by atoms with Gasteiger partial charge in [0.1, 0.15) is 0 Å². The van der Waals surface area contributed by atoms with E-state index in [1.165, 1.54) is 0 Å². The molecule has 19 heavy (non-hydrogen) atoms. The van der Waals surface area contributed by atoms with E-state index < -0.39 is 0 Å². The second kappa shape index (κ2) is 5.20. The third-order valence-corrected chi connectivity index (χ3v) is 5.28. The van der Waals surface area contributed by atoms with Crippen molar-refractivity contribution < 1.29 is 0 Å². The Labute approximate surface area is 127 Å². The van der Waals surface area contributed by atoms with E-state index in [9.17, 15) is 4.79 Å². The number of aromatic nitrogens is 4. The summed E-state index contributed by atoms with van der Waals surface area (Å²) in [7, 11) is 1.87. The molecular formula is C12H14Br2N4O. The summed E-state index contributed by atoms with van der Waals surface area (Å²) in [5, 5.41) is 4.33. The van der Waals surface area contributed by atoms with E-state index in [0.717, 1.165) is 26.0 Å². The summed E-state index contributed by atoms with van der Waals surface area (Å²) in [5.41, 5.74) is 3.17. The second-order valence-corrected chi connectivity index (χ2v) is 6.02. The lowest BCUT2D eigenvalue weighted by Crippen LogP contribution is -2.27. The number of rotatable bonds is 2. The Morgan fingerprint density at radius 2 is 1.74 bits per heavy atom. The molecule has 2 heterocycles. The van der Waals surface area contributed by atoms with Gasteiger partial charge in [-0.05, 0) is 52.6 Å². The number of hydrogen-bond acceptors (Lipinski definition) is 3. The van der Waals surface area contributed by atoms with Crippen molar-refractivity contribution in [2.24, 2.45) is 7.05 Å². The molecule has 0 spiro atoms. The van der Waals surface area contributed by atoms with Gasteiger partial charge in [-0.15, -0.1) is 0 Å². The van der Waals surface area contributed by atoms with Gasteiger partial charge in [0.15, 0.2) is 0 Å². The minimum Gasteiger partial charge on any atom is -0.289 e. The highest BCUT2D eigenvalue weighted by Gasteiger charge is 2.15. The van der Waals surface area contributed by atoms with Crippen molar-refractivity contribution in [2.75, 3.05) is 0 Å². The average Bonchev–Trinajstić information content (AvgIpc) is 2.57. The molecule has 2 rings (SSSR count). The van der Waals surface area contributed by atoms with E-state index in [0.29, 0.717) is 12.2 Å². The molecule has 2 aromatic rings. The maximum Gasteiger partial charge on any atom is 0.348 e. The van der Waals surface area contributed by atoms with Gasteiger partial charge in [-0.1, -0.05) is 0 Å². The number of aryl methyl sites for hydroxylation is 3. The lowest BCUT2D eigenvalue weighted by Gasteiger charge is -2.12. The van der Waals surface area contributed by atoms with Gasteiger partial charge in [0, 0.05) is 12.7 Å². The fourth-order valence-corrected chi connectivity index (χ4v) is 2.73. The van der Waals surface area contributed by atoms with Gasteiger partial charge in [0.05, 0.1) is 32.6 Å². The van der Waals surface area contributed by atoms with Crippen LogP contribution in [0.5, 0.6) is 0 Å². The molecule has 2 aromatic heterocycles. The van der Waals surface area contributed by atoms with Crippen molar-refractivity contribution in [1.29, 1.82) is 0 Å². The van der Waals surface area contributed by atoms with Gasteiger partial charge >= 0.3 is 5.69 Å². The highest BCUT2D eigenvalue weighted by Crippen LogP contribution is 2.22. The largest absolute Gasteiger partial charge is 0.348 e. The maximum atomic E-state index is 12.0. The van der Waals surface area contributed by atoms with Crippen LogP contribution < -0.4 is 5.69 Å². The zero-order valence-electron chi connectivity index (χ0n) is 11.2. The van der Waals surface area contributed by atoms with Crippen molar-refractivity contribution in [2.45, 2.75) is 27.3 Å². The van der Waals surface area contributed by atoms with Crippen LogP contribution in [0.3, 0.4) is 0 Å². The SMILES string of the molecule is Cc1nn(C)c(Cn2c(C)c(Br)c(C)nc2=O)c1Br. The van der Waals surface area contributed by atoms with Crippen LogP contribution >= 0.6 is 31.9 Å². The van der Waals surface area contributed by atoms with Crippen molar-refractivity contribution in [3.8, 4) is 0 Å². The maximum absolute atomic E-state index is 12.0. The molecule has 0 unspecified atom stereocenters. The van der Waals surface area contributed by atoms with Gasteiger partial charge in [-0.3, -0.25) is 9.25 Å². The van der Waals surface area contributed by atoms with Crippen LogP contribution in [0.2, 0.25) is 0 Å². The summed E-state index contributed by atoms with van der Waals surface area (Å²) >= 11 is 6.97. The molecular weight excluding hydrogens is 376 g/mol. The smallest absolute Gasteiger partial charge is 0.289 e. The van der Waals surface area contributed by atoms with Crippen LogP contribution in [0, 0.1) is 20.8 Å². The van der Waals surface area contributed by atoms with Gasteiger partial charge in [0.25, 0.3) is 0 Å². The first-order chi connectivity index (χ1) is 8.82. The highest BCUT2D eigenvalue weighted by atomic mass is 79.9. The fraction of sp³-hybridized carbons (Fsp3) is 0.417. The monoisotopic (exact) mass is 388 g/mol. The first kappa shape index (κ1) is 14.5. The van der Waals surface area contributed by atoms with E-state index in [4.69, 9.17) is 0 Å². The van der Waals surface area contributed by atoms with Gasteiger partial charge < -0.3 is 0 Å². The van der Waals surface area contributed by atoms with E-state index in [1.54, 1.807) is 9.25 Å². The number of nitrogens with zero attached hydrogens (tertiary/aromatic N) is 4. The van der Waals surface area contributed by atoms with Crippen LogP contribution in [0.4, 0.5) is 0 Å². The fourth-order valence-electron chi connectivity index (χ4n) is 1.96. The summed E-state index contributed by atoms with van der Waals surface area (Å²) in [6, 6.07) is 0. The zero-order valence-corrected chi connectivity index (χ0v) is 14.3. The summed E-state index contributed by atoms with van der Waals surface area (Å²) < 4.78 is 5.21. The second-order valence-electron chi connectivity index (χ2n) is 4.44. The lowest BCUT2D eigenvalue weighted by molar-refractivity contribution is 0.622. The Morgan fingerprint density at radius 1 is 1.11 bits per heavy atom. The van der Waals surface area contributed by atoms with Crippen molar-refractivity contribution >= 4 is 31.9 Å². The molecule has 0 aromatic carbocycles.